The zero-order valence-electron chi connectivity index (χ0n) is 9.40. The Balaban J connectivity index is 2.61. The molecule has 0 unspecified atom stereocenters. The van der Waals surface area contributed by atoms with Crippen LogP contribution in [0.5, 0.6) is 0 Å². The number of sulfonamides is 1. The van der Waals surface area contributed by atoms with E-state index in [1.165, 1.54) is 0 Å². The van der Waals surface area contributed by atoms with Gasteiger partial charge in [-0.05, 0) is 12.3 Å². The van der Waals surface area contributed by atoms with Crippen molar-refractivity contribution in [2.75, 3.05) is 12.3 Å². The molecule has 0 radical (unpaired) electrons. The van der Waals surface area contributed by atoms with Crippen molar-refractivity contribution in [3.05, 3.63) is 0 Å². The molecule has 88 valence electrons. The van der Waals surface area contributed by atoms with E-state index < -0.39 is 10.0 Å². The highest BCUT2D eigenvalue weighted by Gasteiger charge is 2.32. The molecule has 0 aromatic rings. The van der Waals surface area contributed by atoms with E-state index in [1.807, 2.05) is 13.8 Å². The maximum absolute atomic E-state index is 11.7. The molecule has 0 aliphatic carbocycles. The number of hydrogen-bond donors (Lipinski definition) is 0. The van der Waals surface area contributed by atoms with Gasteiger partial charge in [0, 0.05) is 13.0 Å². The summed E-state index contributed by atoms with van der Waals surface area (Å²) in [6, 6.07) is 0. The van der Waals surface area contributed by atoms with E-state index in [2.05, 4.69) is 0 Å². The standard InChI is InChI=1S/C10H19NO3S/c1-3-9(4-2)8-10(12)11-6-5-7-15(11,13)14/h9H,3-8H2,1-2H3. The number of carbonyl (C=O) groups is 1. The van der Waals surface area contributed by atoms with Gasteiger partial charge in [0.15, 0.2) is 0 Å². The molecule has 1 saturated heterocycles. The van der Waals surface area contributed by atoms with Gasteiger partial charge in [-0.3, -0.25) is 4.79 Å². The summed E-state index contributed by atoms with van der Waals surface area (Å²) in [4.78, 5) is 11.7. The lowest BCUT2D eigenvalue weighted by atomic mass is 9.99. The molecule has 0 N–H and O–H groups in total. The van der Waals surface area contributed by atoms with Gasteiger partial charge in [-0.1, -0.05) is 26.7 Å². The average molecular weight is 233 g/mol. The number of hydrogen-bond acceptors (Lipinski definition) is 3. The number of rotatable bonds is 4. The normalized spacial score (nSPS) is 19.8. The molecule has 0 atom stereocenters. The third-order valence-corrected chi connectivity index (χ3v) is 4.86. The van der Waals surface area contributed by atoms with Gasteiger partial charge in [0.2, 0.25) is 15.9 Å². The summed E-state index contributed by atoms with van der Waals surface area (Å²) < 4.78 is 24.0. The van der Waals surface area contributed by atoms with Crippen molar-refractivity contribution in [2.24, 2.45) is 5.92 Å². The van der Waals surface area contributed by atoms with Gasteiger partial charge in [0.05, 0.1) is 5.75 Å². The first-order chi connectivity index (χ1) is 7.01. The minimum Gasteiger partial charge on any atom is -0.274 e. The van der Waals surface area contributed by atoms with Gasteiger partial charge in [-0.2, -0.15) is 0 Å². The Kier molecular flexibility index (Phi) is 4.13. The molecule has 4 nitrogen and oxygen atoms in total. The molecule has 1 fully saturated rings. The van der Waals surface area contributed by atoms with Crippen LogP contribution >= 0.6 is 0 Å². The van der Waals surface area contributed by atoms with Crippen LogP contribution in [0.15, 0.2) is 0 Å². The monoisotopic (exact) mass is 233 g/mol. The average Bonchev–Trinajstić information content (AvgIpc) is 2.54. The first-order valence-electron chi connectivity index (χ1n) is 5.54. The largest absolute Gasteiger partial charge is 0.274 e. The Hall–Kier alpha value is -0.580. The van der Waals surface area contributed by atoms with Crippen molar-refractivity contribution < 1.29 is 13.2 Å². The smallest absolute Gasteiger partial charge is 0.237 e. The molecule has 1 aliphatic rings. The molecule has 0 aromatic heterocycles. The minimum atomic E-state index is -3.26. The summed E-state index contributed by atoms with van der Waals surface area (Å²) >= 11 is 0. The minimum absolute atomic E-state index is 0.127. The highest BCUT2D eigenvalue weighted by Crippen LogP contribution is 2.19. The molecule has 1 heterocycles. The number of nitrogens with zero attached hydrogens (tertiary/aromatic N) is 1. The third kappa shape index (κ3) is 2.93. The van der Waals surface area contributed by atoms with Crippen LogP contribution in [0.25, 0.3) is 0 Å². The topological polar surface area (TPSA) is 54.5 Å². The van der Waals surface area contributed by atoms with Gasteiger partial charge in [-0.25, -0.2) is 12.7 Å². The van der Waals surface area contributed by atoms with Crippen LogP contribution in [-0.4, -0.2) is 30.9 Å². The lowest BCUT2D eigenvalue weighted by Crippen LogP contribution is -2.33. The molecule has 1 aliphatic heterocycles. The summed E-state index contributed by atoms with van der Waals surface area (Å²) in [7, 11) is -3.26. The van der Waals surface area contributed by atoms with E-state index >= 15 is 0 Å². The highest BCUT2D eigenvalue weighted by atomic mass is 32.2. The lowest BCUT2D eigenvalue weighted by molar-refractivity contribution is -0.127. The van der Waals surface area contributed by atoms with Crippen LogP contribution in [0.3, 0.4) is 0 Å². The van der Waals surface area contributed by atoms with Gasteiger partial charge in [-0.15, -0.1) is 0 Å². The molecule has 5 heteroatoms. The zero-order chi connectivity index (χ0) is 11.5. The summed E-state index contributed by atoms with van der Waals surface area (Å²) in [6.07, 6.45) is 2.80. The van der Waals surface area contributed by atoms with Crippen molar-refractivity contribution in [3.63, 3.8) is 0 Å². The SMILES string of the molecule is CCC(CC)CC(=O)N1CCCS1(=O)=O. The molecule has 1 amide bonds. The molecule has 0 bridgehead atoms. The summed E-state index contributed by atoms with van der Waals surface area (Å²) in [6.45, 7) is 4.43. The Morgan fingerprint density at radius 3 is 2.33 bits per heavy atom. The maximum Gasteiger partial charge on any atom is 0.237 e. The fraction of sp³-hybridized carbons (Fsp3) is 0.900. The second-order valence-electron chi connectivity index (χ2n) is 4.02. The Labute approximate surface area is 91.7 Å². The second kappa shape index (κ2) is 4.96. The van der Waals surface area contributed by atoms with E-state index in [-0.39, 0.29) is 11.7 Å². The van der Waals surface area contributed by atoms with Crippen LogP contribution in [0.2, 0.25) is 0 Å². The second-order valence-corrected chi connectivity index (χ2v) is 6.03. The van der Waals surface area contributed by atoms with Crippen LogP contribution in [0.4, 0.5) is 0 Å². The summed E-state index contributed by atoms with van der Waals surface area (Å²) in [5.41, 5.74) is 0. The van der Waals surface area contributed by atoms with Gasteiger partial charge in [0.1, 0.15) is 0 Å². The first kappa shape index (κ1) is 12.5. The van der Waals surface area contributed by atoms with E-state index in [4.69, 9.17) is 0 Å². The first-order valence-corrected chi connectivity index (χ1v) is 7.15. The van der Waals surface area contributed by atoms with E-state index in [0.29, 0.717) is 25.3 Å². The fourth-order valence-electron chi connectivity index (χ4n) is 1.85. The Morgan fingerprint density at radius 2 is 1.93 bits per heavy atom. The maximum atomic E-state index is 11.7. The van der Waals surface area contributed by atoms with Crippen molar-refractivity contribution in [1.82, 2.24) is 4.31 Å². The highest BCUT2D eigenvalue weighted by molar-refractivity contribution is 7.89. The predicted molar refractivity (Wildman–Crippen MR) is 58.8 cm³/mol. The molecule has 15 heavy (non-hydrogen) atoms. The van der Waals surface area contributed by atoms with Crippen molar-refractivity contribution in [1.29, 1.82) is 0 Å². The summed E-state index contributed by atoms with van der Waals surface area (Å²) in [5.74, 6) is 0.219. The third-order valence-electron chi connectivity index (χ3n) is 3.00. The molecule has 0 aromatic carbocycles. The van der Waals surface area contributed by atoms with Crippen LogP contribution in [0.1, 0.15) is 39.5 Å². The van der Waals surface area contributed by atoms with Crippen LogP contribution < -0.4 is 0 Å². The van der Waals surface area contributed by atoms with Gasteiger partial charge in [0.25, 0.3) is 0 Å². The summed E-state index contributed by atoms with van der Waals surface area (Å²) in [5, 5.41) is 0. The van der Waals surface area contributed by atoms with Crippen molar-refractivity contribution in [3.8, 4) is 0 Å². The Morgan fingerprint density at radius 1 is 1.33 bits per heavy atom. The molecular weight excluding hydrogens is 214 g/mol. The van der Waals surface area contributed by atoms with Crippen LogP contribution in [0, 0.1) is 5.92 Å². The van der Waals surface area contributed by atoms with Crippen LogP contribution in [-0.2, 0) is 14.8 Å². The van der Waals surface area contributed by atoms with E-state index in [0.717, 1.165) is 17.1 Å². The van der Waals surface area contributed by atoms with E-state index in [9.17, 15) is 13.2 Å². The van der Waals surface area contributed by atoms with E-state index in [1.54, 1.807) is 0 Å². The van der Waals surface area contributed by atoms with Crippen molar-refractivity contribution in [2.45, 2.75) is 39.5 Å². The van der Waals surface area contributed by atoms with Gasteiger partial charge >= 0.3 is 0 Å². The quantitative estimate of drug-likeness (QED) is 0.737. The molecular formula is C10H19NO3S. The van der Waals surface area contributed by atoms with Gasteiger partial charge < -0.3 is 0 Å². The predicted octanol–water partition coefficient (Wildman–Crippen LogP) is 1.37. The number of carbonyl (C=O) groups excluding carboxylic acids is 1. The molecule has 0 spiro atoms. The molecule has 0 saturated carbocycles. The zero-order valence-corrected chi connectivity index (χ0v) is 10.2. The van der Waals surface area contributed by atoms with Crippen molar-refractivity contribution >= 4 is 15.9 Å². The fourth-order valence-corrected chi connectivity index (χ4v) is 3.35. The Bertz CT molecular complexity index is 320. The number of amides is 1. The lowest BCUT2D eigenvalue weighted by Gasteiger charge is -2.18. The molecule has 1 rings (SSSR count).